The molecule has 2 atom stereocenters. The fourth-order valence-corrected chi connectivity index (χ4v) is 3.51. The third kappa shape index (κ3) is 3.27. The van der Waals surface area contributed by atoms with Crippen LogP contribution in [0.3, 0.4) is 0 Å². The lowest BCUT2D eigenvalue weighted by molar-refractivity contribution is 0.0732. The molecule has 2 nitrogen and oxygen atoms in total. The van der Waals surface area contributed by atoms with Gasteiger partial charge in [0.1, 0.15) is 0 Å². The van der Waals surface area contributed by atoms with E-state index in [1.807, 2.05) is 0 Å². The lowest BCUT2D eigenvalue weighted by Crippen LogP contribution is -2.59. The van der Waals surface area contributed by atoms with E-state index in [0.717, 1.165) is 18.0 Å². The number of nitrogens with zero attached hydrogens (tertiary/aromatic N) is 1. The highest BCUT2D eigenvalue weighted by Gasteiger charge is 2.44. The van der Waals surface area contributed by atoms with Crippen LogP contribution in [0.4, 0.5) is 0 Å². The van der Waals surface area contributed by atoms with Crippen LogP contribution in [0.5, 0.6) is 0 Å². The zero-order valence-electron chi connectivity index (χ0n) is 12.8. The Morgan fingerprint density at radius 3 is 2.50 bits per heavy atom. The molecule has 2 heteroatoms. The van der Waals surface area contributed by atoms with Gasteiger partial charge < -0.3 is 5.32 Å². The summed E-state index contributed by atoms with van der Waals surface area (Å²) in [4.78, 5) is 2.82. The molecule has 2 fully saturated rings. The van der Waals surface area contributed by atoms with Gasteiger partial charge in [0.15, 0.2) is 0 Å². The maximum absolute atomic E-state index is 3.76. The summed E-state index contributed by atoms with van der Waals surface area (Å²) >= 11 is 0. The van der Waals surface area contributed by atoms with E-state index >= 15 is 0 Å². The Balaban J connectivity index is 1.96. The number of piperazine rings is 1. The van der Waals surface area contributed by atoms with Crippen molar-refractivity contribution in [1.29, 1.82) is 0 Å². The van der Waals surface area contributed by atoms with E-state index in [1.165, 1.54) is 51.7 Å². The average Bonchev–Trinajstić information content (AvgIpc) is 3.10. The molecule has 2 unspecified atom stereocenters. The predicted octanol–water partition coefficient (Wildman–Crippen LogP) is 3.28. The molecule has 106 valence electrons. The van der Waals surface area contributed by atoms with Crippen molar-refractivity contribution in [3.8, 4) is 0 Å². The van der Waals surface area contributed by atoms with Crippen LogP contribution < -0.4 is 5.32 Å². The summed E-state index contributed by atoms with van der Waals surface area (Å²) < 4.78 is 0. The molecule has 0 aromatic heterocycles. The van der Waals surface area contributed by atoms with Crippen LogP contribution in [0.1, 0.15) is 59.8 Å². The summed E-state index contributed by atoms with van der Waals surface area (Å²) in [5.41, 5.74) is 0.696. The SMILES string of the molecule is CCCC1CN(CC2(CC)CC2)C(C(C)C)CN1. The van der Waals surface area contributed by atoms with E-state index < -0.39 is 0 Å². The van der Waals surface area contributed by atoms with Crippen molar-refractivity contribution in [2.75, 3.05) is 19.6 Å². The van der Waals surface area contributed by atoms with Gasteiger partial charge in [-0.25, -0.2) is 0 Å². The highest BCUT2D eigenvalue weighted by Crippen LogP contribution is 2.49. The fraction of sp³-hybridized carbons (Fsp3) is 1.00. The maximum atomic E-state index is 3.76. The summed E-state index contributed by atoms with van der Waals surface area (Å²) in [6, 6.07) is 1.49. The molecule has 0 spiro atoms. The minimum absolute atomic E-state index is 0.696. The van der Waals surface area contributed by atoms with Crippen molar-refractivity contribution in [2.45, 2.75) is 71.9 Å². The Hall–Kier alpha value is -0.0800. The summed E-state index contributed by atoms with van der Waals surface area (Å²) in [6.07, 6.45) is 6.95. The summed E-state index contributed by atoms with van der Waals surface area (Å²) in [5.74, 6) is 0.771. The fourth-order valence-electron chi connectivity index (χ4n) is 3.51. The molecule has 1 saturated heterocycles. The van der Waals surface area contributed by atoms with E-state index in [4.69, 9.17) is 0 Å². The molecular weight excluding hydrogens is 220 g/mol. The molecule has 0 aromatic carbocycles. The topological polar surface area (TPSA) is 15.3 Å². The molecule has 1 saturated carbocycles. The Morgan fingerprint density at radius 1 is 1.28 bits per heavy atom. The second kappa shape index (κ2) is 5.92. The molecule has 0 bridgehead atoms. The van der Waals surface area contributed by atoms with Crippen molar-refractivity contribution in [3.63, 3.8) is 0 Å². The molecule has 1 N–H and O–H groups in total. The first-order valence-corrected chi connectivity index (χ1v) is 8.07. The lowest BCUT2D eigenvalue weighted by atomic mass is 9.94. The first-order chi connectivity index (χ1) is 8.60. The Kier molecular flexibility index (Phi) is 4.71. The molecular formula is C16H32N2. The summed E-state index contributed by atoms with van der Waals surface area (Å²) in [6.45, 7) is 13.3. The number of hydrogen-bond donors (Lipinski definition) is 1. The molecule has 1 aliphatic heterocycles. The van der Waals surface area contributed by atoms with Gasteiger partial charge in [-0.1, -0.05) is 34.1 Å². The largest absolute Gasteiger partial charge is 0.311 e. The third-order valence-electron chi connectivity index (χ3n) is 5.19. The van der Waals surface area contributed by atoms with Crippen molar-refractivity contribution in [1.82, 2.24) is 10.2 Å². The molecule has 18 heavy (non-hydrogen) atoms. The zero-order chi connectivity index (χ0) is 13.2. The highest BCUT2D eigenvalue weighted by atomic mass is 15.2. The van der Waals surface area contributed by atoms with Gasteiger partial charge in [0.05, 0.1) is 0 Å². The summed E-state index contributed by atoms with van der Waals surface area (Å²) in [5, 5.41) is 3.76. The van der Waals surface area contributed by atoms with Crippen LogP contribution in [0.25, 0.3) is 0 Å². The molecule has 2 aliphatic rings. The van der Waals surface area contributed by atoms with Crippen molar-refractivity contribution in [2.24, 2.45) is 11.3 Å². The van der Waals surface area contributed by atoms with Crippen LogP contribution in [-0.4, -0.2) is 36.6 Å². The maximum Gasteiger partial charge on any atom is 0.0244 e. The molecule has 2 rings (SSSR count). The molecule has 0 radical (unpaired) electrons. The van der Waals surface area contributed by atoms with Crippen LogP contribution in [-0.2, 0) is 0 Å². The van der Waals surface area contributed by atoms with Gasteiger partial charge in [-0.05, 0) is 37.0 Å². The van der Waals surface area contributed by atoms with E-state index in [2.05, 4.69) is 37.9 Å². The Labute approximate surface area is 114 Å². The molecule has 1 aliphatic carbocycles. The van der Waals surface area contributed by atoms with E-state index in [1.54, 1.807) is 0 Å². The molecule has 1 heterocycles. The van der Waals surface area contributed by atoms with E-state index in [-0.39, 0.29) is 0 Å². The smallest absolute Gasteiger partial charge is 0.0244 e. The first kappa shape index (κ1) is 14.3. The van der Waals surface area contributed by atoms with Gasteiger partial charge in [0, 0.05) is 31.7 Å². The third-order valence-corrected chi connectivity index (χ3v) is 5.19. The Bertz CT molecular complexity index is 258. The quantitative estimate of drug-likeness (QED) is 0.780. The monoisotopic (exact) mass is 252 g/mol. The second-order valence-corrected chi connectivity index (χ2v) is 6.99. The number of nitrogens with one attached hydrogen (secondary N) is 1. The normalized spacial score (nSPS) is 31.8. The van der Waals surface area contributed by atoms with E-state index in [9.17, 15) is 0 Å². The van der Waals surface area contributed by atoms with Crippen LogP contribution in [0, 0.1) is 11.3 Å². The average molecular weight is 252 g/mol. The van der Waals surface area contributed by atoms with Gasteiger partial charge in [-0.3, -0.25) is 4.90 Å². The molecule has 0 amide bonds. The number of rotatable bonds is 6. The highest BCUT2D eigenvalue weighted by molar-refractivity contribution is 4.98. The molecule has 0 aromatic rings. The minimum atomic E-state index is 0.696. The summed E-state index contributed by atoms with van der Waals surface area (Å²) in [7, 11) is 0. The first-order valence-electron chi connectivity index (χ1n) is 8.07. The van der Waals surface area contributed by atoms with Crippen molar-refractivity contribution in [3.05, 3.63) is 0 Å². The van der Waals surface area contributed by atoms with Crippen molar-refractivity contribution < 1.29 is 0 Å². The minimum Gasteiger partial charge on any atom is -0.311 e. The van der Waals surface area contributed by atoms with Crippen molar-refractivity contribution >= 4 is 0 Å². The zero-order valence-corrected chi connectivity index (χ0v) is 12.8. The van der Waals surface area contributed by atoms with Gasteiger partial charge >= 0.3 is 0 Å². The van der Waals surface area contributed by atoms with Crippen LogP contribution >= 0.6 is 0 Å². The van der Waals surface area contributed by atoms with Gasteiger partial charge in [0.25, 0.3) is 0 Å². The van der Waals surface area contributed by atoms with Gasteiger partial charge in [-0.2, -0.15) is 0 Å². The van der Waals surface area contributed by atoms with E-state index in [0.29, 0.717) is 5.41 Å². The van der Waals surface area contributed by atoms with Crippen LogP contribution in [0.2, 0.25) is 0 Å². The number of hydrogen-bond acceptors (Lipinski definition) is 2. The lowest BCUT2D eigenvalue weighted by Gasteiger charge is -2.44. The van der Waals surface area contributed by atoms with Crippen LogP contribution in [0.15, 0.2) is 0 Å². The Morgan fingerprint density at radius 2 is 2.00 bits per heavy atom. The van der Waals surface area contributed by atoms with Gasteiger partial charge in [0.2, 0.25) is 0 Å². The second-order valence-electron chi connectivity index (χ2n) is 6.99. The van der Waals surface area contributed by atoms with Gasteiger partial charge in [-0.15, -0.1) is 0 Å². The standard InChI is InChI=1S/C16H32N2/c1-5-7-14-11-18(12-16(6-2)8-9-16)15(10-17-14)13(3)4/h13-15,17H,5-12H2,1-4H3. The predicted molar refractivity (Wildman–Crippen MR) is 78.9 cm³/mol.